The van der Waals surface area contributed by atoms with Gasteiger partial charge in [0.25, 0.3) is 11.5 Å². The summed E-state index contributed by atoms with van der Waals surface area (Å²) in [7, 11) is 2.95. The van der Waals surface area contributed by atoms with Gasteiger partial charge in [-0.25, -0.2) is 4.79 Å². The topological polar surface area (TPSA) is 103 Å². The van der Waals surface area contributed by atoms with E-state index >= 15 is 0 Å². The molecular formula is C30H36N4O6. The van der Waals surface area contributed by atoms with Gasteiger partial charge in [0.2, 0.25) is 5.91 Å². The first-order valence-corrected chi connectivity index (χ1v) is 13.9. The molecule has 0 saturated carbocycles. The van der Waals surface area contributed by atoms with Gasteiger partial charge in [0.1, 0.15) is 6.54 Å². The Labute approximate surface area is 232 Å². The number of hydrogen-bond acceptors (Lipinski definition) is 6. The second-order valence-electron chi connectivity index (χ2n) is 10.7. The normalized spacial score (nSPS) is 16.0. The molecule has 0 spiro atoms. The van der Waals surface area contributed by atoms with Gasteiger partial charge in [-0.05, 0) is 55.4 Å². The molecule has 0 N–H and O–H groups in total. The maximum Gasteiger partial charge on any atom is 0.332 e. The monoisotopic (exact) mass is 548 g/mol. The van der Waals surface area contributed by atoms with Crippen LogP contribution in [0.1, 0.15) is 48.5 Å². The lowest BCUT2D eigenvalue weighted by molar-refractivity contribution is -0.133. The molecule has 0 radical (unpaired) electrons. The van der Waals surface area contributed by atoms with Gasteiger partial charge in [0.05, 0.1) is 31.7 Å². The molecule has 2 saturated heterocycles. The molecule has 2 aliphatic heterocycles. The number of piperidine rings is 1. The molecule has 10 heteroatoms. The first kappa shape index (κ1) is 27.5. The average Bonchev–Trinajstić information content (AvgIpc) is 3.52. The van der Waals surface area contributed by atoms with Crippen molar-refractivity contribution in [1.29, 1.82) is 0 Å². The fraction of sp³-hybridized carbons (Fsp3) is 0.467. The largest absolute Gasteiger partial charge is 0.493 e. The van der Waals surface area contributed by atoms with Crippen LogP contribution in [-0.4, -0.2) is 71.1 Å². The van der Waals surface area contributed by atoms with Crippen molar-refractivity contribution >= 4 is 22.7 Å². The van der Waals surface area contributed by atoms with Crippen molar-refractivity contribution < 1.29 is 19.1 Å². The van der Waals surface area contributed by atoms with Crippen LogP contribution in [0.2, 0.25) is 0 Å². The maximum absolute atomic E-state index is 13.8. The quantitative estimate of drug-likeness (QED) is 0.450. The first-order valence-electron chi connectivity index (χ1n) is 13.9. The predicted molar refractivity (Wildman–Crippen MR) is 151 cm³/mol. The SMILES string of the molecule is COc1cc2c(=O)n(Cc3ccc(C(=O)N4CCCC4)cc3)c(=O)n(CC(=O)N3CCC(C)CC3)c2cc1OC. The molecule has 1 aromatic heterocycles. The number of likely N-dealkylation sites (tertiary alicyclic amines) is 2. The van der Waals surface area contributed by atoms with Gasteiger partial charge in [-0.1, -0.05) is 19.1 Å². The standard InChI is InChI=1S/C30H36N4O6/c1-20-10-14-31(15-11-20)27(35)19-33-24-17-26(40-3)25(39-2)16-23(24)29(37)34(30(33)38)18-21-6-8-22(9-7-21)28(36)32-12-4-5-13-32/h6-9,16-17,20H,4-5,10-15,18-19H2,1-3H3. The summed E-state index contributed by atoms with van der Waals surface area (Å²) >= 11 is 0. The molecule has 10 nitrogen and oxygen atoms in total. The number of amides is 2. The lowest BCUT2D eigenvalue weighted by Gasteiger charge is -2.30. The number of fused-ring (bicyclic) bond motifs is 1. The smallest absolute Gasteiger partial charge is 0.332 e. The number of rotatable bonds is 7. The van der Waals surface area contributed by atoms with Gasteiger partial charge in [0, 0.05) is 37.8 Å². The number of ether oxygens (including phenoxy) is 2. The maximum atomic E-state index is 13.8. The Morgan fingerprint density at radius 2 is 1.48 bits per heavy atom. The summed E-state index contributed by atoms with van der Waals surface area (Å²) < 4.78 is 13.3. The van der Waals surface area contributed by atoms with Crippen LogP contribution in [0.5, 0.6) is 11.5 Å². The second kappa shape index (κ2) is 11.6. The van der Waals surface area contributed by atoms with Crippen molar-refractivity contribution in [2.24, 2.45) is 5.92 Å². The fourth-order valence-corrected chi connectivity index (χ4v) is 5.57. The van der Waals surface area contributed by atoms with E-state index in [2.05, 4.69) is 6.92 Å². The van der Waals surface area contributed by atoms with E-state index in [-0.39, 0.29) is 30.3 Å². The number of nitrogens with zero attached hydrogens (tertiary/aromatic N) is 4. The Balaban J connectivity index is 1.53. The zero-order valence-corrected chi connectivity index (χ0v) is 23.4. The number of benzene rings is 2. The van der Waals surface area contributed by atoms with E-state index in [1.165, 1.54) is 18.8 Å². The zero-order chi connectivity index (χ0) is 28.4. The molecule has 0 bridgehead atoms. The Kier molecular flexibility index (Phi) is 7.95. The summed E-state index contributed by atoms with van der Waals surface area (Å²) in [6, 6.07) is 10.1. The number of methoxy groups -OCH3 is 2. The number of carbonyl (C=O) groups excluding carboxylic acids is 2. The third-order valence-corrected chi connectivity index (χ3v) is 8.09. The van der Waals surface area contributed by atoms with Crippen LogP contribution in [-0.2, 0) is 17.9 Å². The van der Waals surface area contributed by atoms with Gasteiger partial charge >= 0.3 is 5.69 Å². The van der Waals surface area contributed by atoms with E-state index in [1.807, 2.05) is 4.90 Å². The van der Waals surface area contributed by atoms with Gasteiger partial charge in [-0.2, -0.15) is 0 Å². The van der Waals surface area contributed by atoms with Crippen molar-refractivity contribution in [1.82, 2.24) is 18.9 Å². The fourth-order valence-electron chi connectivity index (χ4n) is 5.57. The van der Waals surface area contributed by atoms with E-state index in [4.69, 9.17) is 9.47 Å². The van der Waals surface area contributed by atoms with Crippen molar-refractivity contribution in [3.8, 4) is 11.5 Å². The highest BCUT2D eigenvalue weighted by atomic mass is 16.5. The van der Waals surface area contributed by atoms with E-state index < -0.39 is 11.2 Å². The van der Waals surface area contributed by atoms with Crippen molar-refractivity contribution in [2.75, 3.05) is 40.4 Å². The molecule has 0 atom stereocenters. The summed E-state index contributed by atoms with van der Waals surface area (Å²) in [5.41, 5.74) is 0.510. The van der Waals surface area contributed by atoms with Crippen LogP contribution in [0.3, 0.4) is 0 Å². The van der Waals surface area contributed by atoms with Crippen LogP contribution < -0.4 is 20.7 Å². The molecule has 40 heavy (non-hydrogen) atoms. The first-order chi connectivity index (χ1) is 19.3. The Morgan fingerprint density at radius 1 is 0.850 bits per heavy atom. The molecular weight excluding hydrogens is 512 g/mol. The summed E-state index contributed by atoms with van der Waals surface area (Å²) in [6.45, 7) is 4.78. The minimum atomic E-state index is -0.583. The minimum Gasteiger partial charge on any atom is -0.493 e. The van der Waals surface area contributed by atoms with Crippen LogP contribution in [0.25, 0.3) is 10.9 Å². The van der Waals surface area contributed by atoms with Crippen molar-refractivity contribution in [2.45, 2.75) is 45.7 Å². The van der Waals surface area contributed by atoms with Crippen LogP contribution in [0.15, 0.2) is 46.0 Å². The minimum absolute atomic E-state index is 0.00441. The highest BCUT2D eigenvalue weighted by Crippen LogP contribution is 2.30. The Morgan fingerprint density at radius 3 is 2.10 bits per heavy atom. The molecule has 2 amide bonds. The van der Waals surface area contributed by atoms with E-state index in [0.29, 0.717) is 47.2 Å². The molecule has 5 rings (SSSR count). The molecule has 3 aromatic rings. The van der Waals surface area contributed by atoms with Crippen molar-refractivity contribution in [3.05, 3.63) is 68.4 Å². The van der Waals surface area contributed by atoms with Gasteiger partial charge in [0.15, 0.2) is 11.5 Å². The Hall–Kier alpha value is -4.08. The summed E-state index contributed by atoms with van der Waals surface area (Å²) in [6.07, 6.45) is 3.86. The highest BCUT2D eigenvalue weighted by molar-refractivity contribution is 5.94. The molecule has 0 aliphatic carbocycles. The van der Waals surface area contributed by atoms with Crippen LogP contribution in [0.4, 0.5) is 0 Å². The number of carbonyl (C=O) groups is 2. The number of aromatic nitrogens is 2. The third kappa shape index (κ3) is 5.35. The lowest BCUT2D eigenvalue weighted by atomic mass is 9.99. The summed E-state index contributed by atoms with van der Waals surface area (Å²) in [5, 5.41) is 0.248. The van der Waals surface area contributed by atoms with E-state index in [0.717, 1.165) is 43.3 Å². The molecule has 0 unspecified atom stereocenters. The summed E-state index contributed by atoms with van der Waals surface area (Å²) in [5.74, 6) is 1.09. The molecule has 2 fully saturated rings. The highest BCUT2D eigenvalue weighted by Gasteiger charge is 2.24. The lowest BCUT2D eigenvalue weighted by Crippen LogP contribution is -2.45. The van der Waals surface area contributed by atoms with Crippen LogP contribution in [0, 0.1) is 5.92 Å². The van der Waals surface area contributed by atoms with Crippen LogP contribution >= 0.6 is 0 Å². The average molecular weight is 549 g/mol. The van der Waals surface area contributed by atoms with Crippen molar-refractivity contribution in [3.63, 3.8) is 0 Å². The number of hydrogen-bond donors (Lipinski definition) is 0. The van der Waals surface area contributed by atoms with E-state index in [9.17, 15) is 19.2 Å². The summed E-state index contributed by atoms with van der Waals surface area (Å²) in [4.78, 5) is 57.1. The van der Waals surface area contributed by atoms with Gasteiger partial charge < -0.3 is 19.3 Å². The molecule has 2 aliphatic rings. The molecule has 3 heterocycles. The van der Waals surface area contributed by atoms with E-state index in [1.54, 1.807) is 41.3 Å². The predicted octanol–water partition coefficient (Wildman–Crippen LogP) is 2.72. The molecule has 2 aromatic carbocycles. The van der Waals surface area contributed by atoms with Gasteiger partial charge in [-0.3, -0.25) is 23.5 Å². The second-order valence-corrected chi connectivity index (χ2v) is 10.7. The van der Waals surface area contributed by atoms with Gasteiger partial charge in [-0.15, -0.1) is 0 Å². The zero-order valence-electron chi connectivity index (χ0n) is 23.4. The molecule has 212 valence electrons. The Bertz CT molecular complexity index is 1530. The third-order valence-electron chi connectivity index (χ3n) is 8.09.